The summed E-state index contributed by atoms with van der Waals surface area (Å²) in [5.74, 6) is -0.547. The molecule has 7 heteroatoms. The zero-order chi connectivity index (χ0) is 14.8. The van der Waals surface area contributed by atoms with Gasteiger partial charge in [-0.2, -0.15) is 13.2 Å². The topological polar surface area (TPSA) is 39.2 Å². The molecule has 0 saturated heterocycles. The molecule has 0 fully saturated rings. The van der Waals surface area contributed by atoms with E-state index < -0.39 is 17.7 Å². The summed E-state index contributed by atoms with van der Waals surface area (Å²) in [6.45, 7) is 0. The second-order valence-electron chi connectivity index (χ2n) is 3.78. The number of pyridine rings is 1. The van der Waals surface area contributed by atoms with Crippen molar-refractivity contribution < 1.29 is 27.1 Å². The van der Waals surface area contributed by atoms with Crippen molar-refractivity contribution in [1.82, 2.24) is 4.98 Å². The van der Waals surface area contributed by atoms with Crippen LogP contribution in [-0.2, 0) is 6.18 Å². The van der Waals surface area contributed by atoms with Gasteiger partial charge >= 0.3 is 6.18 Å². The quantitative estimate of drug-likeness (QED) is 0.635. The average Bonchev–Trinajstić information content (AvgIpc) is 2.40. The molecule has 0 bridgehead atoms. The number of hydrogen-bond acceptors (Lipinski definition) is 3. The van der Waals surface area contributed by atoms with Crippen LogP contribution in [-0.4, -0.2) is 11.3 Å². The van der Waals surface area contributed by atoms with Gasteiger partial charge in [0, 0.05) is 0 Å². The Morgan fingerprint density at radius 1 is 1.10 bits per heavy atom. The fourth-order valence-corrected chi connectivity index (χ4v) is 1.42. The molecular weight excluding hydrogens is 278 g/mol. The molecule has 2 aromatic rings. The Kier molecular flexibility index (Phi) is 3.69. The SMILES string of the molecule is O=Cc1cc(Oc2ccc(C(F)(F)F)nc2)ccc1F. The number of alkyl halides is 3. The third-order valence-corrected chi connectivity index (χ3v) is 2.36. The Morgan fingerprint density at radius 3 is 2.35 bits per heavy atom. The Morgan fingerprint density at radius 2 is 1.80 bits per heavy atom. The number of aromatic nitrogens is 1. The minimum absolute atomic E-state index is 0.0430. The molecule has 0 unspecified atom stereocenters. The van der Waals surface area contributed by atoms with E-state index >= 15 is 0 Å². The number of carbonyl (C=O) groups excluding carboxylic acids is 1. The van der Waals surface area contributed by atoms with Crippen molar-refractivity contribution in [2.75, 3.05) is 0 Å². The maximum Gasteiger partial charge on any atom is 0.433 e. The largest absolute Gasteiger partial charge is 0.456 e. The third-order valence-electron chi connectivity index (χ3n) is 2.36. The molecule has 0 N–H and O–H groups in total. The van der Waals surface area contributed by atoms with E-state index in [0.717, 1.165) is 30.5 Å². The maximum atomic E-state index is 13.1. The van der Waals surface area contributed by atoms with Crippen molar-refractivity contribution in [2.45, 2.75) is 6.18 Å². The fourth-order valence-electron chi connectivity index (χ4n) is 1.42. The molecule has 20 heavy (non-hydrogen) atoms. The molecule has 0 aliphatic heterocycles. The lowest BCUT2D eigenvalue weighted by atomic mass is 10.2. The first-order valence-electron chi connectivity index (χ1n) is 5.36. The van der Waals surface area contributed by atoms with Crippen LogP contribution in [0.1, 0.15) is 16.1 Å². The van der Waals surface area contributed by atoms with E-state index in [2.05, 4.69) is 4.98 Å². The highest BCUT2D eigenvalue weighted by Gasteiger charge is 2.32. The van der Waals surface area contributed by atoms with E-state index in [4.69, 9.17) is 4.74 Å². The smallest absolute Gasteiger partial charge is 0.433 e. The number of halogens is 4. The van der Waals surface area contributed by atoms with Crippen LogP contribution in [0.5, 0.6) is 11.5 Å². The van der Waals surface area contributed by atoms with Gasteiger partial charge < -0.3 is 4.74 Å². The van der Waals surface area contributed by atoms with Crippen LogP contribution in [0.25, 0.3) is 0 Å². The molecule has 1 aromatic heterocycles. The number of aldehydes is 1. The highest BCUT2D eigenvalue weighted by atomic mass is 19.4. The second kappa shape index (κ2) is 5.28. The molecule has 0 amide bonds. The summed E-state index contributed by atoms with van der Waals surface area (Å²) in [7, 11) is 0. The number of carbonyl (C=O) groups is 1. The Labute approximate surface area is 110 Å². The maximum absolute atomic E-state index is 13.1. The summed E-state index contributed by atoms with van der Waals surface area (Å²) in [4.78, 5) is 13.8. The van der Waals surface area contributed by atoms with Crippen molar-refractivity contribution in [3.05, 3.63) is 53.6 Å². The standard InChI is InChI=1S/C13H7F4NO2/c14-11-3-1-9(5-8(11)7-19)20-10-2-4-12(18-6-10)13(15,16)17/h1-7H. The first-order valence-corrected chi connectivity index (χ1v) is 5.36. The van der Waals surface area contributed by atoms with Crippen molar-refractivity contribution in [3.63, 3.8) is 0 Å². The van der Waals surface area contributed by atoms with Crippen LogP contribution in [0, 0.1) is 5.82 Å². The van der Waals surface area contributed by atoms with Gasteiger partial charge in [0.05, 0.1) is 11.8 Å². The Balaban J connectivity index is 2.20. The van der Waals surface area contributed by atoms with Crippen molar-refractivity contribution in [3.8, 4) is 11.5 Å². The lowest BCUT2D eigenvalue weighted by molar-refractivity contribution is -0.141. The van der Waals surface area contributed by atoms with Gasteiger partial charge in [0.2, 0.25) is 0 Å². The molecule has 0 aliphatic carbocycles. The second-order valence-corrected chi connectivity index (χ2v) is 3.78. The van der Waals surface area contributed by atoms with Crippen LogP contribution in [0.15, 0.2) is 36.5 Å². The van der Waals surface area contributed by atoms with Gasteiger partial charge in [-0.05, 0) is 30.3 Å². The highest BCUT2D eigenvalue weighted by molar-refractivity contribution is 5.76. The highest BCUT2D eigenvalue weighted by Crippen LogP contribution is 2.29. The monoisotopic (exact) mass is 285 g/mol. The van der Waals surface area contributed by atoms with E-state index in [-0.39, 0.29) is 17.1 Å². The Bertz CT molecular complexity index is 623. The van der Waals surface area contributed by atoms with Crippen LogP contribution in [0.3, 0.4) is 0 Å². The summed E-state index contributed by atoms with van der Waals surface area (Å²) in [6, 6.07) is 5.26. The first-order chi connectivity index (χ1) is 9.40. The first kappa shape index (κ1) is 14.0. The summed E-state index contributed by atoms with van der Waals surface area (Å²) in [5, 5.41) is 0. The van der Waals surface area contributed by atoms with Gasteiger partial charge in [0.1, 0.15) is 23.0 Å². The number of nitrogens with zero attached hydrogens (tertiary/aromatic N) is 1. The van der Waals surface area contributed by atoms with E-state index in [0.29, 0.717) is 6.29 Å². The van der Waals surface area contributed by atoms with Crippen LogP contribution in [0.2, 0.25) is 0 Å². The average molecular weight is 285 g/mol. The molecular formula is C13H7F4NO2. The molecule has 0 aliphatic rings. The third kappa shape index (κ3) is 3.11. The summed E-state index contributed by atoms with van der Waals surface area (Å²) in [6.07, 6.45) is -3.32. The van der Waals surface area contributed by atoms with Gasteiger partial charge in [0.25, 0.3) is 0 Å². The number of ether oxygens (including phenoxy) is 1. The van der Waals surface area contributed by atoms with Crippen LogP contribution < -0.4 is 4.74 Å². The molecule has 2 rings (SSSR count). The minimum Gasteiger partial charge on any atom is -0.456 e. The summed E-state index contributed by atoms with van der Waals surface area (Å²) >= 11 is 0. The van der Waals surface area contributed by atoms with Gasteiger partial charge in [-0.3, -0.25) is 4.79 Å². The summed E-state index contributed by atoms with van der Waals surface area (Å²) < 4.78 is 55.2. The van der Waals surface area contributed by atoms with Crippen molar-refractivity contribution in [1.29, 1.82) is 0 Å². The molecule has 0 saturated carbocycles. The fraction of sp³-hybridized carbons (Fsp3) is 0.0769. The molecule has 104 valence electrons. The molecule has 0 atom stereocenters. The van der Waals surface area contributed by atoms with Crippen molar-refractivity contribution >= 4 is 6.29 Å². The number of benzene rings is 1. The number of rotatable bonds is 3. The zero-order valence-electron chi connectivity index (χ0n) is 9.82. The lowest BCUT2D eigenvalue weighted by Crippen LogP contribution is -2.07. The predicted molar refractivity (Wildman–Crippen MR) is 61.1 cm³/mol. The van der Waals surface area contributed by atoms with Gasteiger partial charge in [-0.15, -0.1) is 0 Å². The van der Waals surface area contributed by atoms with Crippen LogP contribution >= 0.6 is 0 Å². The van der Waals surface area contributed by atoms with E-state index in [1.807, 2.05) is 0 Å². The van der Waals surface area contributed by atoms with Crippen LogP contribution in [0.4, 0.5) is 17.6 Å². The van der Waals surface area contributed by atoms with Crippen molar-refractivity contribution in [2.24, 2.45) is 0 Å². The zero-order valence-corrected chi connectivity index (χ0v) is 9.82. The summed E-state index contributed by atoms with van der Waals surface area (Å²) in [5.41, 5.74) is -1.25. The molecule has 1 aromatic carbocycles. The molecule has 3 nitrogen and oxygen atoms in total. The lowest BCUT2D eigenvalue weighted by Gasteiger charge is -2.08. The minimum atomic E-state index is -4.53. The van der Waals surface area contributed by atoms with Gasteiger partial charge in [-0.25, -0.2) is 9.37 Å². The van der Waals surface area contributed by atoms with E-state index in [1.165, 1.54) is 6.07 Å². The van der Waals surface area contributed by atoms with E-state index in [1.54, 1.807) is 0 Å². The van der Waals surface area contributed by atoms with Gasteiger partial charge in [-0.1, -0.05) is 0 Å². The molecule has 0 radical (unpaired) electrons. The van der Waals surface area contributed by atoms with Gasteiger partial charge in [0.15, 0.2) is 6.29 Å². The molecule has 0 spiro atoms. The van der Waals surface area contributed by atoms with E-state index in [9.17, 15) is 22.4 Å². The normalized spacial score (nSPS) is 11.2. The number of hydrogen-bond donors (Lipinski definition) is 0. The Hall–Kier alpha value is -2.44. The predicted octanol–water partition coefficient (Wildman–Crippen LogP) is 3.84. The molecule has 1 heterocycles.